The van der Waals surface area contributed by atoms with Gasteiger partial charge in [0.2, 0.25) is 0 Å². The highest BCUT2D eigenvalue weighted by molar-refractivity contribution is 5.21. The Morgan fingerprint density at radius 3 is 2.33 bits per heavy atom. The molecule has 0 atom stereocenters. The zero-order chi connectivity index (χ0) is 9.56. The standard InChI is InChI=1S/C8H10N2.C2H6/c1-4-8-5-6-10(9-8)7(2)3;1-2/h1,5-7H,2-3H3;1-2H3. The van der Waals surface area contributed by atoms with Crippen LogP contribution in [0.1, 0.15) is 39.4 Å². The van der Waals surface area contributed by atoms with E-state index in [-0.39, 0.29) is 0 Å². The third-order valence-electron chi connectivity index (χ3n) is 1.29. The minimum Gasteiger partial charge on any atom is -0.269 e. The van der Waals surface area contributed by atoms with Crippen LogP contribution in [-0.4, -0.2) is 9.78 Å². The molecule has 0 saturated carbocycles. The molecule has 0 bridgehead atoms. The molecule has 0 amide bonds. The largest absolute Gasteiger partial charge is 0.269 e. The first-order chi connectivity index (χ1) is 5.74. The van der Waals surface area contributed by atoms with Gasteiger partial charge in [0.1, 0.15) is 5.69 Å². The second-order valence-electron chi connectivity index (χ2n) is 2.42. The van der Waals surface area contributed by atoms with Crippen LogP contribution in [0.5, 0.6) is 0 Å². The van der Waals surface area contributed by atoms with Crippen molar-refractivity contribution in [1.82, 2.24) is 9.78 Å². The molecule has 0 aromatic carbocycles. The molecular weight excluding hydrogens is 148 g/mol. The van der Waals surface area contributed by atoms with E-state index in [1.165, 1.54) is 0 Å². The van der Waals surface area contributed by atoms with Crippen molar-refractivity contribution in [3.8, 4) is 12.3 Å². The molecule has 0 aliphatic rings. The lowest BCUT2D eigenvalue weighted by Gasteiger charge is -2.02. The second-order valence-corrected chi connectivity index (χ2v) is 2.42. The van der Waals surface area contributed by atoms with Gasteiger partial charge in [0.15, 0.2) is 0 Å². The summed E-state index contributed by atoms with van der Waals surface area (Å²) in [5.41, 5.74) is 0.703. The fourth-order valence-electron chi connectivity index (χ4n) is 0.703. The number of hydrogen-bond donors (Lipinski definition) is 0. The molecule has 66 valence electrons. The summed E-state index contributed by atoms with van der Waals surface area (Å²) in [5.74, 6) is 2.47. The maximum absolute atomic E-state index is 5.14. The number of nitrogens with zero attached hydrogens (tertiary/aromatic N) is 2. The van der Waals surface area contributed by atoms with Crippen molar-refractivity contribution in [3.63, 3.8) is 0 Å². The Labute approximate surface area is 74.6 Å². The smallest absolute Gasteiger partial charge is 0.134 e. The molecule has 2 nitrogen and oxygen atoms in total. The van der Waals surface area contributed by atoms with Gasteiger partial charge in [-0.15, -0.1) is 6.42 Å². The Morgan fingerprint density at radius 2 is 2.08 bits per heavy atom. The summed E-state index contributed by atoms with van der Waals surface area (Å²) < 4.78 is 1.84. The van der Waals surface area contributed by atoms with Crippen molar-refractivity contribution in [2.45, 2.75) is 33.7 Å². The Kier molecular flexibility index (Phi) is 4.87. The first-order valence-electron chi connectivity index (χ1n) is 4.26. The highest BCUT2D eigenvalue weighted by Crippen LogP contribution is 2.02. The Bertz CT molecular complexity index is 253. The van der Waals surface area contributed by atoms with E-state index in [2.05, 4.69) is 24.9 Å². The average Bonchev–Trinajstić information content (AvgIpc) is 2.55. The minimum absolute atomic E-state index is 0.391. The van der Waals surface area contributed by atoms with Gasteiger partial charge in [-0.2, -0.15) is 5.10 Å². The van der Waals surface area contributed by atoms with E-state index >= 15 is 0 Å². The van der Waals surface area contributed by atoms with Crippen molar-refractivity contribution < 1.29 is 0 Å². The molecule has 1 heterocycles. The van der Waals surface area contributed by atoms with Gasteiger partial charge >= 0.3 is 0 Å². The number of aromatic nitrogens is 2. The summed E-state index contributed by atoms with van der Waals surface area (Å²) in [4.78, 5) is 0. The number of terminal acetylenes is 1. The van der Waals surface area contributed by atoms with Crippen LogP contribution in [0, 0.1) is 12.3 Å². The summed E-state index contributed by atoms with van der Waals surface area (Å²) in [6, 6.07) is 2.22. The van der Waals surface area contributed by atoms with Gasteiger partial charge in [0.05, 0.1) is 0 Å². The molecular formula is C10H16N2. The van der Waals surface area contributed by atoms with Gasteiger partial charge in [-0.1, -0.05) is 13.8 Å². The predicted molar refractivity (Wildman–Crippen MR) is 51.9 cm³/mol. The molecule has 1 aromatic rings. The molecule has 1 aromatic heterocycles. The van der Waals surface area contributed by atoms with E-state index in [0.717, 1.165) is 0 Å². The lowest BCUT2D eigenvalue weighted by atomic mass is 10.4. The quantitative estimate of drug-likeness (QED) is 0.583. The Morgan fingerprint density at radius 1 is 1.50 bits per heavy atom. The third kappa shape index (κ3) is 2.79. The van der Waals surface area contributed by atoms with Crippen molar-refractivity contribution in [1.29, 1.82) is 0 Å². The molecule has 0 aliphatic carbocycles. The second kappa shape index (κ2) is 5.42. The van der Waals surface area contributed by atoms with Crippen molar-refractivity contribution >= 4 is 0 Å². The van der Waals surface area contributed by atoms with Crippen molar-refractivity contribution in [2.24, 2.45) is 0 Å². The van der Waals surface area contributed by atoms with E-state index in [1.54, 1.807) is 0 Å². The van der Waals surface area contributed by atoms with Gasteiger partial charge in [-0.25, -0.2) is 0 Å². The van der Waals surface area contributed by atoms with E-state index in [9.17, 15) is 0 Å². The predicted octanol–water partition coefficient (Wildman–Crippen LogP) is 2.47. The molecule has 0 radical (unpaired) electrons. The molecule has 0 aliphatic heterocycles. The van der Waals surface area contributed by atoms with Crippen LogP contribution in [0.25, 0.3) is 0 Å². The van der Waals surface area contributed by atoms with Crippen LogP contribution < -0.4 is 0 Å². The van der Waals surface area contributed by atoms with Crippen molar-refractivity contribution in [2.75, 3.05) is 0 Å². The molecule has 0 N–H and O–H groups in total. The normalized spacial score (nSPS) is 8.67. The summed E-state index contributed by atoms with van der Waals surface area (Å²) in [7, 11) is 0. The fourth-order valence-corrected chi connectivity index (χ4v) is 0.703. The molecule has 0 unspecified atom stereocenters. The number of rotatable bonds is 1. The molecule has 1 rings (SSSR count). The van der Waals surface area contributed by atoms with E-state index < -0.39 is 0 Å². The van der Waals surface area contributed by atoms with E-state index in [1.807, 2.05) is 30.8 Å². The molecule has 0 fully saturated rings. The maximum atomic E-state index is 5.14. The monoisotopic (exact) mass is 164 g/mol. The zero-order valence-corrected chi connectivity index (χ0v) is 8.20. The minimum atomic E-state index is 0.391. The highest BCUT2D eigenvalue weighted by Gasteiger charge is 1.97. The zero-order valence-electron chi connectivity index (χ0n) is 8.20. The molecule has 2 heteroatoms. The van der Waals surface area contributed by atoms with Crippen LogP contribution in [0.3, 0.4) is 0 Å². The van der Waals surface area contributed by atoms with Crippen molar-refractivity contribution in [3.05, 3.63) is 18.0 Å². The molecule has 0 spiro atoms. The SMILES string of the molecule is C#Cc1ccn(C(C)C)n1.CC. The summed E-state index contributed by atoms with van der Waals surface area (Å²) in [6.45, 7) is 8.13. The Balaban J connectivity index is 0.000000561. The van der Waals surface area contributed by atoms with Crippen LogP contribution in [0.2, 0.25) is 0 Å². The summed E-state index contributed by atoms with van der Waals surface area (Å²) in [6.07, 6.45) is 7.03. The van der Waals surface area contributed by atoms with Gasteiger partial charge in [-0.3, -0.25) is 4.68 Å². The van der Waals surface area contributed by atoms with Crippen LogP contribution in [0.15, 0.2) is 12.3 Å². The van der Waals surface area contributed by atoms with Crippen LogP contribution in [-0.2, 0) is 0 Å². The lowest BCUT2D eigenvalue weighted by molar-refractivity contribution is 0.531. The van der Waals surface area contributed by atoms with E-state index in [0.29, 0.717) is 11.7 Å². The highest BCUT2D eigenvalue weighted by atomic mass is 15.3. The third-order valence-corrected chi connectivity index (χ3v) is 1.29. The molecule has 12 heavy (non-hydrogen) atoms. The van der Waals surface area contributed by atoms with Gasteiger partial charge < -0.3 is 0 Å². The van der Waals surface area contributed by atoms with Gasteiger partial charge in [0, 0.05) is 12.2 Å². The first kappa shape index (κ1) is 10.8. The van der Waals surface area contributed by atoms with Gasteiger partial charge in [0.25, 0.3) is 0 Å². The summed E-state index contributed by atoms with van der Waals surface area (Å²) >= 11 is 0. The Hall–Kier alpha value is -1.23. The topological polar surface area (TPSA) is 17.8 Å². The maximum Gasteiger partial charge on any atom is 0.134 e. The fraction of sp³-hybridized carbons (Fsp3) is 0.500. The summed E-state index contributed by atoms with van der Waals surface area (Å²) in [5, 5.41) is 4.11. The van der Waals surface area contributed by atoms with Gasteiger partial charge in [-0.05, 0) is 25.8 Å². The molecule has 0 saturated heterocycles. The van der Waals surface area contributed by atoms with Crippen LogP contribution in [0.4, 0.5) is 0 Å². The number of hydrogen-bond acceptors (Lipinski definition) is 1. The average molecular weight is 164 g/mol. The lowest BCUT2D eigenvalue weighted by Crippen LogP contribution is -2.00. The van der Waals surface area contributed by atoms with Crippen LogP contribution >= 0.6 is 0 Å². The van der Waals surface area contributed by atoms with E-state index in [4.69, 9.17) is 6.42 Å². The first-order valence-corrected chi connectivity index (χ1v) is 4.26.